The van der Waals surface area contributed by atoms with E-state index < -0.39 is 6.04 Å². The van der Waals surface area contributed by atoms with Crippen LogP contribution in [0.3, 0.4) is 0 Å². The largest absolute Gasteiger partial charge is 0.322 e. The van der Waals surface area contributed by atoms with Crippen LogP contribution in [0.4, 0.5) is 0 Å². The Balaban J connectivity index is 0.000000195. The van der Waals surface area contributed by atoms with Crippen LogP contribution in [0.1, 0.15) is 93.6 Å². The number of imide groups is 1. The molecule has 4 rings (SSSR count). The third-order valence-corrected chi connectivity index (χ3v) is 6.59. The summed E-state index contributed by atoms with van der Waals surface area (Å²) < 4.78 is 0. The van der Waals surface area contributed by atoms with E-state index in [2.05, 4.69) is 31.4 Å². The molecule has 1 unspecified atom stereocenters. The van der Waals surface area contributed by atoms with Crippen LogP contribution < -0.4 is 10.6 Å². The molecule has 2 fully saturated rings. The number of aryl methyl sites for hydroxylation is 1. The number of carbonyl (C=O) groups is 3. The number of fused-ring (bicyclic) bond motifs is 1. The molecule has 0 radical (unpaired) electrons. The lowest BCUT2D eigenvalue weighted by atomic mass is 9.91. The van der Waals surface area contributed by atoms with E-state index in [0.717, 1.165) is 17.2 Å². The van der Waals surface area contributed by atoms with Gasteiger partial charge < -0.3 is 10.2 Å². The van der Waals surface area contributed by atoms with Gasteiger partial charge in [0.15, 0.2) is 0 Å². The Morgan fingerprint density at radius 2 is 1.78 bits per heavy atom. The van der Waals surface area contributed by atoms with Crippen molar-refractivity contribution in [1.82, 2.24) is 15.5 Å². The molecular formula is C26H39N3O3. The fourth-order valence-corrected chi connectivity index (χ4v) is 4.66. The first-order valence-corrected chi connectivity index (χ1v) is 12.1. The number of amides is 3. The molecule has 3 amide bonds. The molecule has 1 aromatic rings. The zero-order valence-electron chi connectivity index (χ0n) is 20.1. The summed E-state index contributed by atoms with van der Waals surface area (Å²) in [6.07, 6.45) is 9.13. The third kappa shape index (κ3) is 6.64. The van der Waals surface area contributed by atoms with Gasteiger partial charge in [0.05, 0.1) is 0 Å². The van der Waals surface area contributed by atoms with Gasteiger partial charge in [-0.1, -0.05) is 57.7 Å². The molecule has 1 aliphatic carbocycles. The summed E-state index contributed by atoms with van der Waals surface area (Å²) in [6, 6.07) is 5.97. The van der Waals surface area contributed by atoms with Crippen LogP contribution in [-0.4, -0.2) is 41.2 Å². The number of rotatable bonds is 4. The second-order valence-electron chi connectivity index (χ2n) is 10.7. The van der Waals surface area contributed by atoms with Crippen molar-refractivity contribution in [3.05, 3.63) is 34.9 Å². The van der Waals surface area contributed by atoms with Gasteiger partial charge in [-0.15, -0.1) is 0 Å². The van der Waals surface area contributed by atoms with E-state index in [4.69, 9.17) is 0 Å². The summed E-state index contributed by atoms with van der Waals surface area (Å²) in [5.74, 6) is -0.750. The predicted octanol–water partition coefficient (Wildman–Crippen LogP) is 4.10. The third-order valence-electron chi connectivity index (χ3n) is 6.59. The van der Waals surface area contributed by atoms with Crippen molar-refractivity contribution in [1.29, 1.82) is 0 Å². The number of nitrogens with zero attached hydrogens (tertiary/aromatic N) is 1. The second kappa shape index (κ2) is 10.6. The minimum atomic E-state index is -0.530. The van der Waals surface area contributed by atoms with E-state index in [1.165, 1.54) is 45.1 Å². The maximum atomic E-state index is 12.3. The molecule has 2 aliphatic heterocycles. The van der Waals surface area contributed by atoms with Crippen molar-refractivity contribution in [3.63, 3.8) is 0 Å². The fourth-order valence-electron chi connectivity index (χ4n) is 4.66. The Hall–Kier alpha value is -2.21. The molecule has 1 aromatic carbocycles. The van der Waals surface area contributed by atoms with Crippen LogP contribution in [0.2, 0.25) is 0 Å². The van der Waals surface area contributed by atoms with Gasteiger partial charge in [0, 0.05) is 24.6 Å². The van der Waals surface area contributed by atoms with Crippen LogP contribution in [0.25, 0.3) is 0 Å². The molecule has 1 atom stereocenters. The smallest absolute Gasteiger partial charge is 0.255 e. The molecule has 0 bridgehead atoms. The minimum Gasteiger partial charge on any atom is -0.322 e. The van der Waals surface area contributed by atoms with Gasteiger partial charge in [-0.3, -0.25) is 19.7 Å². The Kier molecular flexibility index (Phi) is 8.10. The second-order valence-corrected chi connectivity index (χ2v) is 10.7. The van der Waals surface area contributed by atoms with Crippen molar-refractivity contribution in [2.24, 2.45) is 5.41 Å². The van der Waals surface area contributed by atoms with Gasteiger partial charge in [0.2, 0.25) is 11.8 Å². The highest BCUT2D eigenvalue weighted by Gasteiger charge is 2.38. The van der Waals surface area contributed by atoms with Crippen molar-refractivity contribution in [2.75, 3.05) is 6.54 Å². The van der Waals surface area contributed by atoms with Crippen molar-refractivity contribution >= 4 is 17.7 Å². The highest BCUT2D eigenvalue weighted by Crippen LogP contribution is 2.28. The monoisotopic (exact) mass is 441 g/mol. The fraction of sp³-hybridized carbons (Fsp3) is 0.654. The highest BCUT2D eigenvalue weighted by molar-refractivity contribution is 6.05. The molecule has 32 heavy (non-hydrogen) atoms. The number of hydrogen-bond donors (Lipinski definition) is 2. The number of piperidine rings is 1. The highest BCUT2D eigenvalue weighted by atomic mass is 16.2. The summed E-state index contributed by atoms with van der Waals surface area (Å²) >= 11 is 0. The zero-order valence-corrected chi connectivity index (χ0v) is 20.1. The maximum Gasteiger partial charge on any atom is 0.255 e. The Morgan fingerprint density at radius 3 is 2.44 bits per heavy atom. The first kappa shape index (κ1) is 24.4. The topological polar surface area (TPSA) is 78.5 Å². The lowest BCUT2D eigenvalue weighted by Crippen LogP contribution is -2.52. The number of carbonyl (C=O) groups excluding carboxylic acids is 3. The molecule has 2 heterocycles. The Morgan fingerprint density at radius 1 is 1.06 bits per heavy atom. The quantitative estimate of drug-likeness (QED) is 0.690. The van der Waals surface area contributed by atoms with E-state index in [9.17, 15) is 14.4 Å². The first-order chi connectivity index (χ1) is 15.1. The minimum absolute atomic E-state index is 0.121. The summed E-state index contributed by atoms with van der Waals surface area (Å²) in [7, 11) is 0. The van der Waals surface area contributed by atoms with Gasteiger partial charge in [0.1, 0.15) is 6.04 Å². The summed E-state index contributed by atoms with van der Waals surface area (Å²) in [5.41, 5.74) is 3.20. The Bertz CT molecular complexity index is 837. The van der Waals surface area contributed by atoms with Gasteiger partial charge in [-0.05, 0) is 56.2 Å². The molecule has 2 N–H and O–H groups in total. The van der Waals surface area contributed by atoms with Crippen LogP contribution in [-0.2, 0) is 16.1 Å². The Labute approximate surface area is 192 Å². The number of hydrogen-bond acceptors (Lipinski definition) is 4. The summed E-state index contributed by atoms with van der Waals surface area (Å²) in [6.45, 7) is 10.6. The molecule has 0 spiro atoms. The molecule has 0 aromatic heterocycles. The molecule has 176 valence electrons. The molecule has 1 saturated carbocycles. The van der Waals surface area contributed by atoms with E-state index in [-0.39, 0.29) is 24.1 Å². The zero-order chi connectivity index (χ0) is 23.3. The lowest BCUT2D eigenvalue weighted by molar-refractivity contribution is -0.136. The van der Waals surface area contributed by atoms with Gasteiger partial charge in [-0.25, -0.2) is 0 Å². The average Bonchev–Trinajstić information content (AvgIpc) is 3.04. The molecular weight excluding hydrogens is 402 g/mol. The van der Waals surface area contributed by atoms with E-state index in [1.807, 2.05) is 19.1 Å². The first-order valence-electron chi connectivity index (χ1n) is 12.1. The molecule has 1 saturated heterocycles. The van der Waals surface area contributed by atoms with Crippen molar-refractivity contribution in [3.8, 4) is 0 Å². The van der Waals surface area contributed by atoms with E-state index >= 15 is 0 Å². The van der Waals surface area contributed by atoms with Crippen molar-refractivity contribution < 1.29 is 14.4 Å². The van der Waals surface area contributed by atoms with Gasteiger partial charge >= 0.3 is 0 Å². The predicted molar refractivity (Wildman–Crippen MR) is 126 cm³/mol. The number of benzene rings is 1. The van der Waals surface area contributed by atoms with E-state index in [1.54, 1.807) is 11.0 Å². The van der Waals surface area contributed by atoms with Crippen LogP contribution in [0.5, 0.6) is 0 Å². The molecule has 6 heteroatoms. The van der Waals surface area contributed by atoms with Crippen LogP contribution in [0.15, 0.2) is 18.2 Å². The lowest BCUT2D eigenvalue weighted by Gasteiger charge is -2.29. The summed E-state index contributed by atoms with van der Waals surface area (Å²) in [4.78, 5) is 36.8. The van der Waals surface area contributed by atoms with Crippen LogP contribution >= 0.6 is 0 Å². The molecule has 6 nitrogen and oxygen atoms in total. The van der Waals surface area contributed by atoms with Gasteiger partial charge in [0.25, 0.3) is 5.91 Å². The standard InChI is InChI=1S/C14H14N2O3.C12H25N/c1-8-2-3-10-9(6-8)7-16(14(10)19)11-4-5-12(17)15-13(11)18;1-12(2,3)9-10-13-11-7-5-4-6-8-11/h2-3,6,11H,4-5,7H2,1H3,(H,15,17,18);11,13H,4-10H2,1-3H3. The van der Waals surface area contributed by atoms with Crippen molar-refractivity contribution in [2.45, 2.75) is 97.7 Å². The maximum absolute atomic E-state index is 12.3. The SMILES string of the molecule is CC(C)(C)CCNC1CCCCC1.Cc1ccc2c(c1)CN(C1CCC(=O)NC1=O)C2=O. The van der Waals surface area contributed by atoms with E-state index in [0.29, 0.717) is 23.9 Å². The molecule has 3 aliphatic rings. The normalized spacial score (nSPS) is 21.7. The average molecular weight is 442 g/mol. The summed E-state index contributed by atoms with van der Waals surface area (Å²) in [5, 5.41) is 5.97. The van der Waals surface area contributed by atoms with Gasteiger partial charge in [-0.2, -0.15) is 0 Å². The van der Waals surface area contributed by atoms with Crippen LogP contribution in [0, 0.1) is 12.3 Å². The number of nitrogens with one attached hydrogen (secondary N) is 2.